The minimum absolute atomic E-state index is 0.155. The van der Waals surface area contributed by atoms with E-state index in [2.05, 4.69) is 21.2 Å². The zero-order valence-electron chi connectivity index (χ0n) is 12.1. The second-order valence-electron chi connectivity index (χ2n) is 5.40. The van der Waals surface area contributed by atoms with Gasteiger partial charge in [-0.3, -0.25) is 9.59 Å². The predicted octanol–water partition coefficient (Wildman–Crippen LogP) is 3.40. The summed E-state index contributed by atoms with van der Waals surface area (Å²) < 4.78 is 0.724. The molecule has 0 aliphatic rings. The van der Waals surface area contributed by atoms with Crippen LogP contribution < -0.4 is 5.32 Å². The number of halogens is 1. The van der Waals surface area contributed by atoms with E-state index in [0.29, 0.717) is 11.3 Å². The number of nitrogens with zero attached hydrogens (tertiary/aromatic N) is 1. The standard InChI is InChI=1S/C15H17BrN2O3/c1-9(2)15(3,14(20)21)7-13(19)18-12-6-11(16)5-4-10(12)8-17/h4-6,9H,7H2,1-3H3,(H,18,19)(H,20,21). The van der Waals surface area contributed by atoms with E-state index in [9.17, 15) is 14.7 Å². The number of carbonyl (C=O) groups excluding carboxylic acids is 1. The Balaban J connectivity index is 2.95. The Morgan fingerprint density at radius 1 is 1.48 bits per heavy atom. The monoisotopic (exact) mass is 352 g/mol. The molecule has 5 nitrogen and oxygen atoms in total. The number of carbonyl (C=O) groups is 2. The molecule has 0 saturated heterocycles. The number of hydrogen-bond acceptors (Lipinski definition) is 3. The number of aliphatic carboxylic acids is 1. The molecule has 1 amide bonds. The van der Waals surface area contributed by atoms with Crippen molar-refractivity contribution in [3.8, 4) is 6.07 Å². The van der Waals surface area contributed by atoms with Gasteiger partial charge in [-0.2, -0.15) is 5.26 Å². The molecule has 21 heavy (non-hydrogen) atoms. The van der Waals surface area contributed by atoms with Gasteiger partial charge in [0, 0.05) is 10.9 Å². The topological polar surface area (TPSA) is 90.2 Å². The van der Waals surface area contributed by atoms with Gasteiger partial charge < -0.3 is 10.4 Å². The van der Waals surface area contributed by atoms with Crippen molar-refractivity contribution in [1.82, 2.24) is 0 Å². The summed E-state index contributed by atoms with van der Waals surface area (Å²) in [5, 5.41) is 21.0. The smallest absolute Gasteiger partial charge is 0.310 e. The molecule has 0 saturated carbocycles. The summed E-state index contributed by atoms with van der Waals surface area (Å²) in [5.74, 6) is -1.63. The molecular weight excluding hydrogens is 336 g/mol. The van der Waals surface area contributed by atoms with Crippen molar-refractivity contribution in [2.45, 2.75) is 27.2 Å². The van der Waals surface area contributed by atoms with Crippen LogP contribution in [-0.4, -0.2) is 17.0 Å². The Bertz CT molecular complexity index is 607. The summed E-state index contributed by atoms with van der Waals surface area (Å²) in [4.78, 5) is 23.5. The third kappa shape index (κ3) is 4.05. The van der Waals surface area contributed by atoms with Crippen LogP contribution in [0.25, 0.3) is 0 Å². The lowest BCUT2D eigenvalue weighted by Crippen LogP contribution is -2.37. The number of amides is 1. The van der Waals surface area contributed by atoms with E-state index in [-0.39, 0.29) is 12.3 Å². The number of rotatable bonds is 5. The number of anilines is 1. The quantitative estimate of drug-likeness (QED) is 0.849. The molecule has 1 rings (SSSR count). The molecule has 1 unspecified atom stereocenters. The van der Waals surface area contributed by atoms with Gasteiger partial charge in [0.2, 0.25) is 5.91 Å². The highest BCUT2D eigenvalue weighted by Crippen LogP contribution is 2.32. The third-order valence-corrected chi connectivity index (χ3v) is 4.16. The van der Waals surface area contributed by atoms with Gasteiger partial charge in [-0.05, 0) is 31.0 Å². The summed E-state index contributed by atoms with van der Waals surface area (Å²) in [7, 11) is 0. The molecule has 0 bridgehead atoms. The van der Waals surface area contributed by atoms with Crippen LogP contribution in [0.15, 0.2) is 22.7 Å². The maximum Gasteiger partial charge on any atom is 0.310 e. The second kappa shape index (κ2) is 6.72. The lowest BCUT2D eigenvalue weighted by molar-refractivity contribution is -0.153. The number of hydrogen-bond donors (Lipinski definition) is 2. The zero-order valence-corrected chi connectivity index (χ0v) is 13.7. The van der Waals surface area contributed by atoms with Gasteiger partial charge in [-0.1, -0.05) is 29.8 Å². The maximum absolute atomic E-state index is 12.1. The molecule has 0 aliphatic carbocycles. The molecular formula is C15H17BrN2O3. The molecule has 0 aliphatic heterocycles. The van der Waals surface area contributed by atoms with Crippen LogP contribution in [0.3, 0.4) is 0 Å². The molecule has 1 aromatic rings. The molecule has 0 heterocycles. The van der Waals surface area contributed by atoms with Gasteiger partial charge in [-0.15, -0.1) is 0 Å². The first-order valence-electron chi connectivity index (χ1n) is 6.43. The molecule has 0 aromatic heterocycles. The van der Waals surface area contributed by atoms with Crippen molar-refractivity contribution >= 4 is 33.5 Å². The van der Waals surface area contributed by atoms with Gasteiger partial charge in [0.05, 0.1) is 16.7 Å². The van der Waals surface area contributed by atoms with Gasteiger partial charge in [0.25, 0.3) is 0 Å². The molecule has 2 N–H and O–H groups in total. The molecule has 1 aromatic carbocycles. The summed E-state index contributed by atoms with van der Waals surface area (Å²) in [6, 6.07) is 6.88. The highest BCUT2D eigenvalue weighted by molar-refractivity contribution is 9.10. The van der Waals surface area contributed by atoms with Gasteiger partial charge >= 0.3 is 5.97 Å². The first-order chi connectivity index (χ1) is 9.70. The van der Waals surface area contributed by atoms with Crippen LogP contribution in [0.4, 0.5) is 5.69 Å². The highest BCUT2D eigenvalue weighted by Gasteiger charge is 2.38. The summed E-state index contributed by atoms with van der Waals surface area (Å²) in [6.07, 6.45) is -0.155. The van der Waals surface area contributed by atoms with Crippen LogP contribution in [0.1, 0.15) is 32.8 Å². The van der Waals surface area contributed by atoms with Crippen LogP contribution in [0.2, 0.25) is 0 Å². The van der Waals surface area contributed by atoms with E-state index in [1.165, 1.54) is 0 Å². The minimum atomic E-state index is -1.15. The van der Waals surface area contributed by atoms with E-state index >= 15 is 0 Å². The van der Waals surface area contributed by atoms with Crippen molar-refractivity contribution in [1.29, 1.82) is 5.26 Å². The number of benzene rings is 1. The van der Waals surface area contributed by atoms with Crippen LogP contribution in [0.5, 0.6) is 0 Å². The Labute approximate surface area is 132 Å². The number of nitriles is 1. The molecule has 6 heteroatoms. The SMILES string of the molecule is CC(C)C(C)(CC(=O)Nc1cc(Br)ccc1C#N)C(=O)O. The first kappa shape index (κ1) is 17.2. The second-order valence-corrected chi connectivity index (χ2v) is 6.32. The first-order valence-corrected chi connectivity index (χ1v) is 7.23. The summed E-state index contributed by atoms with van der Waals surface area (Å²) in [6.45, 7) is 5.08. The number of nitrogens with one attached hydrogen (secondary N) is 1. The highest BCUT2D eigenvalue weighted by atomic mass is 79.9. The van der Waals surface area contributed by atoms with Crippen molar-refractivity contribution in [3.05, 3.63) is 28.2 Å². The summed E-state index contributed by atoms with van der Waals surface area (Å²) in [5.41, 5.74) is -0.454. The predicted molar refractivity (Wildman–Crippen MR) is 82.7 cm³/mol. The third-order valence-electron chi connectivity index (χ3n) is 3.67. The number of carboxylic acids is 1. The van der Waals surface area contributed by atoms with E-state index in [0.717, 1.165) is 4.47 Å². The minimum Gasteiger partial charge on any atom is -0.481 e. The normalized spacial score (nSPS) is 13.3. The Hall–Kier alpha value is -1.87. The van der Waals surface area contributed by atoms with Gasteiger partial charge in [0.15, 0.2) is 0 Å². The molecule has 1 atom stereocenters. The van der Waals surface area contributed by atoms with Crippen molar-refractivity contribution in [3.63, 3.8) is 0 Å². The van der Waals surface area contributed by atoms with Crippen LogP contribution in [-0.2, 0) is 9.59 Å². The Morgan fingerprint density at radius 3 is 2.57 bits per heavy atom. The maximum atomic E-state index is 12.1. The van der Waals surface area contributed by atoms with Crippen molar-refractivity contribution < 1.29 is 14.7 Å². The molecule has 0 fully saturated rings. The summed E-state index contributed by atoms with van der Waals surface area (Å²) >= 11 is 3.27. The fourth-order valence-electron chi connectivity index (χ4n) is 1.77. The lowest BCUT2D eigenvalue weighted by atomic mass is 9.76. The lowest BCUT2D eigenvalue weighted by Gasteiger charge is -2.28. The van der Waals surface area contributed by atoms with Gasteiger partial charge in [0.1, 0.15) is 6.07 Å². The van der Waals surface area contributed by atoms with Crippen molar-refractivity contribution in [2.24, 2.45) is 11.3 Å². The zero-order chi connectivity index (χ0) is 16.2. The molecule has 0 radical (unpaired) electrons. The largest absolute Gasteiger partial charge is 0.481 e. The molecule has 112 valence electrons. The van der Waals surface area contributed by atoms with E-state index in [1.54, 1.807) is 39.0 Å². The Kier molecular flexibility index (Phi) is 5.50. The fourth-order valence-corrected chi connectivity index (χ4v) is 2.13. The van der Waals surface area contributed by atoms with E-state index < -0.39 is 17.3 Å². The molecule has 0 spiro atoms. The van der Waals surface area contributed by atoms with Crippen LogP contribution in [0, 0.1) is 22.7 Å². The average Bonchev–Trinajstić information content (AvgIpc) is 2.38. The van der Waals surface area contributed by atoms with E-state index in [1.807, 2.05) is 6.07 Å². The van der Waals surface area contributed by atoms with E-state index in [4.69, 9.17) is 5.26 Å². The fraction of sp³-hybridized carbons (Fsp3) is 0.400. The average molecular weight is 353 g/mol. The Morgan fingerprint density at radius 2 is 2.10 bits per heavy atom. The van der Waals surface area contributed by atoms with Crippen molar-refractivity contribution in [2.75, 3.05) is 5.32 Å². The van der Waals surface area contributed by atoms with Gasteiger partial charge in [-0.25, -0.2) is 0 Å². The van der Waals surface area contributed by atoms with Crippen LogP contribution >= 0.6 is 15.9 Å². The number of carboxylic acid groups (broad SMARTS) is 1.